The van der Waals surface area contributed by atoms with Gasteiger partial charge in [-0.2, -0.15) is 0 Å². The summed E-state index contributed by atoms with van der Waals surface area (Å²) in [5, 5.41) is 0. The minimum absolute atomic E-state index is 0.0494. The normalized spacial score (nSPS) is 26.5. The molecule has 1 aliphatic rings. The molecule has 16 heavy (non-hydrogen) atoms. The summed E-state index contributed by atoms with van der Waals surface area (Å²) < 4.78 is 30.2. The van der Waals surface area contributed by atoms with Crippen LogP contribution in [0.2, 0.25) is 0 Å². The maximum absolute atomic E-state index is 11.9. The highest BCUT2D eigenvalue weighted by atomic mass is 32.2. The van der Waals surface area contributed by atoms with Gasteiger partial charge in [-0.3, -0.25) is 0 Å². The monoisotopic (exact) mass is 250 g/mol. The first-order chi connectivity index (χ1) is 7.53. The Balaban J connectivity index is 2.65. The standard InChI is InChI=1S/C10H22N2O3S/c1-12(16(13,14)7-6-15-2)10-5-3-4-9(10)8-11/h9-10H,3-8,11H2,1-2H3. The van der Waals surface area contributed by atoms with Crippen molar-refractivity contribution in [1.82, 2.24) is 4.31 Å². The van der Waals surface area contributed by atoms with Gasteiger partial charge in [-0.15, -0.1) is 0 Å². The Labute approximate surface area is 98.0 Å². The molecule has 96 valence electrons. The van der Waals surface area contributed by atoms with Gasteiger partial charge < -0.3 is 10.5 Å². The van der Waals surface area contributed by atoms with Crippen molar-refractivity contribution >= 4 is 10.0 Å². The molecule has 0 heterocycles. The average molecular weight is 250 g/mol. The van der Waals surface area contributed by atoms with E-state index in [1.807, 2.05) is 0 Å². The van der Waals surface area contributed by atoms with Gasteiger partial charge in [0.25, 0.3) is 0 Å². The van der Waals surface area contributed by atoms with Gasteiger partial charge in [0.15, 0.2) is 0 Å². The van der Waals surface area contributed by atoms with Crippen LogP contribution >= 0.6 is 0 Å². The predicted molar refractivity (Wildman–Crippen MR) is 63.6 cm³/mol. The summed E-state index contributed by atoms with van der Waals surface area (Å²) in [5.41, 5.74) is 5.66. The smallest absolute Gasteiger partial charge is 0.216 e. The van der Waals surface area contributed by atoms with Gasteiger partial charge in [0, 0.05) is 20.2 Å². The van der Waals surface area contributed by atoms with Crippen LogP contribution in [0.15, 0.2) is 0 Å². The number of hydrogen-bond acceptors (Lipinski definition) is 4. The van der Waals surface area contributed by atoms with E-state index in [0.717, 1.165) is 19.3 Å². The van der Waals surface area contributed by atoms with Crippen LogP contribution in [0.5, 0.6) is 0 Å². The molecule has 1 aliphatic carbocycles. The van der Waals surface area contributed by atoms with Crippen LogP contribution in [0.1, 0.15) is 19.3 Å². The first-order valence-electron chi connectivity index (χ1n) is 5.67. The molecule has 6 heteroatoms. The third-order valence-corrected chi connectivity index (χ3v) is 5.20. The van der Waals surface area contributed by atoms with Gasteiger partial charge in [0.1, 0.15) is 0 Å². The highest BCUT2D eigenvalue weighted by Gasteiger charge is 2.34. The molecule has 0 spiro atoms. The van der Waals surface area contributed by atoms with E-state index in [2.05, 4.69) is 0 Å². The van der Waals surface area contributed by atoms with E-state index in [0.29, 0.717) is 12.5 Å². The lowest BCUT2D eigenvalue weighted by Gasteiger charge is -2.28. The van der Waals surface area contributed by atoms with Gasteiger partial charge in [0.2, 0.25) is 10.0 Å². The summed E-state index contributed by atoms with van der Waals surface area (Å²) in [6, 6.07) is 0.0758. The van der Waals surface area contributed by atoms with Gasteiger partial charge in [-0.1, -0.05) is 6.42 Å². The Hall–Kier alpha value is -0.170. The van der Waals surface area contributed by atoms with E-state index < -0.39 is 10.0 Å². The summed E-state index contributed by atoms with van der Waals surface area (Å²) in [6.07, 6.45) is 3.02. The number of hydrogen-bond donors (Lipinski definition) is 1. The van der Waals surface area contributed by atoms with Gasteiger partial charge in [0.05, 0.1) is 12.4 Å². The van der Waals surface area contributed by atoms with E-state index in [-0.39, 0.29) is 18.4 Å². The first kappa shape index (κ1) is 13.9. The van der Waals surface area contributed by atoms with Crippen molar-refractivity contribution in [1.29, 1.82) is 0 Å². The fourth-order valence-corrected chi connectivity index (χ4v) is 3.67. The van der Waals surface area contributed by atoms with Crippen molar-refractivity contribution in [2.45, 2.75) is 25.3 Å². The molecule has 0 aromatic rings. The molecule has 0 radical (unpaired) electrons. The molecule has 1 rings (SSSR count). The summed E-state index contributed by atoms with van der Waals surface area (Å²) in [7, 11) is -0.0320. The van der Waals surface area contributed by atoms with E-state index in [1.165, 1.54) is 11.4 Å². The second-order valence-electron chi connectivity index (χ2n) is 4.32. The zero-order valence-corrected chi connectivity index (χ0v) is 10.9. The second kappa shape index (κ2) is 5.95. The zero-order valence-electron chi connectivity index (χ0n) is 10.1. The Bertz CT molecular complexity index is 305. The minimum Gasteiger partial charge on any atom is -0.384 e. The molecule has 1 saturated carbocycles. The Kier molecular flexibility index (Phi) is 5.17. The fraction of sp³-hybridized carbons (Fsp3) is 1.00. The van der Waals surface area contributed by atoms with E-state index in [9.17, 15) is 8.42 Å². The Morgan fingerprint density at radius 1 is 1.44 bits per heavy atom. The lowest BCUT2D eigenvalue weighted by atomic mass is 10.0. The molecule has 0 aromatic carbocycles. The molecule has 2 unspecified atom stereocenters. The van der Waals surface area contributed by atoms with Crippen molar-refractivity contribution < 1.29 is 13.2 Å². The van der Waals surface area contributed by atoms with Gasteiger partial charge in [-0.25, -0.2) is 12.7 Å². The Morgan fingerprint density at radius 2 is 2.12 bits per heavy atom. The van der Waals surface area contributed by atoms with E-state index in [1.54, 1.807) is 7.05 Å². The van der Waals surface area contributed by atoms with Crippen LogP contribution in [0, 0.1) is 5.92 Å². The van der Waals surface area contributed by atoms with Crippen LogP contribution < -0.4 is 5.73 Å². The number of sulfonamides is 1. The average Bonchev–Trinajstić information content (AvgIpc) is 2.73. The number of methoxy groups -OCH3 is 1. The molecule has 0 amide bonds. The Morgan fingerprint density at radius 3 is 2.69 bits per heavy atom. The molecular formula is C10H22N2O3S. The molecule has 0 aromatic heterocycles. The maximum Gasteiger partial charge on any atom is 0.216 e. The number of nitrogens with two attached hydrogens (primary N) is 1. The second-order valence-corrected chi connectivity index (χ2v) is 6.47. The topological polar surface area (TPSA) is 72.6 Å². The SMILES string of the molecule is COCCS(=O)(=O)N(C)C1CCCC1CN. The predicted octanol–water partition coefficient (Wildman–Crippen LogP) is 0.0218. The minimum atomic E-state index is -3.20. The first-order valence-corrected chi connectivity index (χ1v) is 7.28. The van der Waals surface area contributed by atoms with Crippen LogP contribution in [-0.4, -0.2) is 51.8 Å². The summed E-state index contributed by atoms with van der Waals surface area (Å²) >= 11 is 0. The third kappa shape index (κ3) is 3.16. The number of nitrogens with zero attached hydrogens (tertiary/aromatic N) is 1. The van der Waals surface area contributed by atoms with E-state index in [4.69, 9.17) is 10.5 Å². The molecule has 5 nitrogen and oxygen atoms in total. The largest absolute Gasteiger partial charge is 0.384 e. The van der Waals surface area contributed by atoms with Crippen molar-refractivity contribution in [2.75, 3.05) is 33.1 Å². The van der Waals surface area contributed by atoms with Gasteiger partial charge >= 0.3 is 0 Å². The third-order valence-electron chi connectivity index (χ3n) is 3.37. The summed E-state index contributed by atoms with van der Waals surface area (Å²) in [4.78, 5) is 0. The summed E-state index contributed by atoms with van der Waals surface area (Å²) in [6.45, 7) is 0.807. The van der Waals surface area contributed by atoms with Crippen molar-refractivity contribution in [2.24, 2.45) is 11.7 Å². The molecular weight excluding hydrogens is 228 g/mol. The number of ether oxygens (including phenoxy) is 1. The molecule has 0 bridgehead atoms. The van der Waals surface area contributed by atoms with Crippen molar-refractivity contribution in [3.05, 3.63) is 0 Å². The highest BCUT2D eigenvalue weighted by molar-refractivity contribution is 7.89. The van der Waals surface area contributed by atoms with Crippen LogP contribution in [-0.2, 0) is 14.8 Å². The molecule has 1 fully saturated rings. The number of rotatable bonds is 6. The van der Waals surface area contributed by atoms with Crippen molar-refractivity contribution in [3.8, 4) is 0 Å². The zero-order chi connectivity index (χ0) is 12.2. The molecule has 2 N–H and O–H groups in total. The molecule has 0 aliphatic heterocycles. The van der Waals surface area contributed by atoms with Crippen molar-refractivity contribution in [3.63, 3.8) is 0 Å². The van der Waals surface area contributed by atoms with Crippen LogP contribution in [0.4, 0.5) is 0 Å². The molecule has 2 atom stereocenters. The lowest BCUT2D eigenvalue weighted by Crippen LogP contribution is -2.43. The van der Waals surface area contributed by atoms with Gasteiger partial charge in [-0.05, 0) is 25.3 Å². The quantitative estimate of drug-likeness (QED) is 0.721. The highest BCUT2D eigenvalue weighted by Crippen LogP contribution is 2.29. The summed E-state index contributed by atoms with van der Waals surface area (Å²) in [5.74, 6) is 0.357. The van der Waals surface area contributed by atoms with Crippen LogP contribution in [0.3, 0.4) is 0 Å². The fourth-order valence-electron chi connectivity index (χ4n) is 2.31. The van der Waals surface area contributed by atoms with Crippen LogP contribution in [0.25, 0.3) is 0 Å². The van der Waals surface area contributed by atoms with E-state index >= 15 is 0 Å². The molecule has 0 saturated heterocycles. The lowest BCUT2D eigenvalue weighted by molar-refractivity contribution is 0.214. The maximum atomic E-state index is 11.9.